The Hall–Kier alpha value is -0.220. The fourth-order valence-electron chi connectivity index (χ4n) is 1.80. The quantitative estimate of drug-likeness (QED) is 0.703. The van der Waals surface area contributed by atoms with Crippen LogP contribution in [0.15, 0.2) is 0 Å². The highest BCUT2D eigenvalue weighted by atomic mass is 32.2. The van der Waals surface area contributed by atoms with Gasteiger partial charge in [-0.1, -0.05) is 6.42 Å². The molecule has 0 bridgehead atoms. The number of rotatable bonds is 6. The number of nitrogens with two attached hydrogens (primary N) is 1. The molecule has 15 heavy (non-hydrogen) atoms. The van der Waals surface area contributed by atoms with Crippen LogP contribution in [0.1, 0.15) is 32.1 Å². The third-order valence-electron chi connectivity index (χ3n) is 2.94. The number of unbranched alkanes of at least 4 members (excludes halogenated alkanes) is 2. The minimum atomic E-state index is 0.305. The van der Waals surface area contributed by atoms with Crippen LogP contribution in [0.2, 0.25) is 0 Å². The van der Waals surface area contributed by atoms with E-state index in [0.29, 0.717) is 18.4 Å². The molecule has 1 saturated heterocycles. The minimum absolute atomic E-state index is 0.305. The molecule has 0 aromatic carbocycles. The zero-order valence-electron chi connectivity index (χ0n) is 9.58. The second-order valence-corrected chi connectivity index (χ2v) is 5.27. The average molecular weight is 230 g/mol. The van der Waals surface area contributed by atoms with Gasteiger partial charge in [-0.15, -0.1) is 0 Å². The summed E-state index contributed by atoms with van der Waals surface area (Å²) in [5.74, 6) is 2.63. The first-order valence-electron chi connectivity index (χ1n) is 5.79. The van der Waals surface area contributed by atoms with E-state index in [1.165, 1.54) is 5.75 Å². The van der Waals surface area contributed by atoms with Crippen molar-refractivity contribution >= 4 is 17.7 Å². The molecule has 0 saturated carbocycles. The number of hydrogen-bond donors (Lipinski definition) is 1. The normalized spacial score (nSPS) is 20.5. The fraction of sp³-hybridized carbons (Fsp3) is 0.909. The lowest BCUT2D eigenvalue weighted by Gasteiger charge is -2.23. The number of thioether (sulfide) groups is 1. The van der Waals surface area contributed by atoms with Gasteiger partial charge in [0, 0.05) is 25.3 Å². The molecular formula is C11H22N2OS. The minimum Gasteiger partial charge on any atom is -0.342 e. The summed E-state index contributed by atoms with van der Waals surface area (Å²) in [7, 11) is 1.95. The molecule has 1 fully saturated rings. The molecular weight excluding hydrogens is 208 g/mol. The Morgan fingerprint density at radius 1 is 1.47 bits per heavy atom. The van der Waals surface area contributed by atoms with Crippen molar-refractivity contribution in [3.63, 3.8) is 0 Å². The standard InChI is InChI=1S/C11H22N2OS/c1-13(10-6-8-15-9-10)11(14)5-3-2-4-7-12/h10H,2-9,12H2,1H3. The molecule has 1 rings (SSSR count). The third-order valence-corrected chi connectivity index (χ3v) is 4.09. The van der Waals surface area contributed by atoms with E-state index in [9.17, 15) is 4.79 Å². The SMILES string of the molecule is CN(C(=O)CCCCCN)C1CCSC1. The first kappa shape index (κ1) is 12.8. The van der Waals surface area contributed by atoms with Gasteiger partial charge in [-0.05, 0) is 31.6 Å². The number of hydrogen-bond acceptors (Lipinski definition) is 3. The molecule has 0 spiro atoms. The molecule has 1 unspecified atom stereocenters. The maximum Gasteiger partial charge on any atom is 0.222 e. The van der Waals surface area contributed by atoms with E-state index in [1.54, 1.807) is 0 Å². The van der Waals surface area contributed by atoms with Gasteiger partial charge in [-0.2, -0.15) is 11.8 Å². The highest BCUT2D eigenvalue weighted by molar-refractivity contribution is 7.99. The summed E-state index contributed by atoms with van der Waals surface area (Å²) in [6.07, 6.45) is 4.96. The van der Waals surface area contributed by atoms with Crippen LogP contribution in [0, 0.1) is 0 Å². The maximum absolute atomic E-state index is 11.8. The number of amides is 1. The molecule has 1 heterocycles. The molecule has 1 atom stereocenters. The lowest BCUT2D eigenvalue weighted by molar-refractivity contribution is -0.131. The highest BCUT2D eigenvalue weighted by Gasteiger charge is 2.23. The fourth-order valence-corrected chi connectivity index (χ4v) is 3.07. The van der Waals surface area contributed by atoms with Gasteiger partial charge in [0.1, 0.15) is 0 Å². The van der Waals surface area contributed by atoms with Gasteiger partial charge < -0.3 is 10.6 Å². The molecule has 1 aliphatic heterocycles. The summed E-state index contributed by atoms with van der Waals surface area (Å²) in [5, 5.41) is 0. The number of carbonyl (C=O) groups excluding carboxylic acids is 1. The van der Waals surface area contributed by atoms with E-state index in [4.69, 9.17) is 5.73 Å². The van der Waals surface area contributed by atoms with Gasteiger partial charge in [0.05, 0.1) is 0 Å². The molecule has 0 aliphatic carbocycles. The Morgan fingerprint density at radius 2 is 2.27 bits per heavy atom. The summed E-state index contributed by atoms with van der Waals surface area (Å²) in [6, 6.07) is 0.483. The zero-order chi connectivity index (χ0) is 11.1. The van der Waals surface area contributed by atoms with Gasteiger partial charge in [0.25, 0.3) is 0 Å². The summed E-state index contributed by atoms with van der Waals surface area (Å²) in [5.41, 5.74) is 5.41. The maximum atomic E-state index is 11.8. The van der Waals surface area contributed by atoms with Gasteiger partial charge in [0.2, 0.25) is 5.91 Å². The smallest absolute Gasteiger partial charge is 0.222 e. The van der Waals surface area contributed by atoms with Crippen molar-refractivity contribution in [3.05, 3.63) is 0 Å². The van der Waals surface area contributed by atoms with Gasteiger partial charge in [-0.3, -0.25) is 4.79 Å². The Kier molecular flexibility index (Phi) is 6.10. The Balaban J connectivity index is 2.14. The predicted molar refractivity (Wildman–Crippen MR) is 66.0 cm³/mol. The van der Waals surface area contributed by atoms with Crippen LogP contribution in [-0.2, 0) is 4.79 Å². The molecule has 0 radical (unpaired) electrons. The van der Waals surface area contributed by atoms with E-state index < -0.39 is 0 Å². The lowest BCUT2D eigenvalue weighted by atomic mass is 10.1. The molecule has 2 N–H and O–H groups in total. The van der Waals surface area contributed by atoms with Crippen LogP contribution < -0.4 is 5.73 Å². The molecule has 1 aliphatic rings. The van der Waals surface area contributed by atoms with Crippen molar-refractivity contribution in [3.8, 4) is 0 Å². The van der Waals surface area contributed by atoms with Crippen LogP contribution in [0.4, 0.5) is 0 Å². The van der Waals surface area contributed by atoms with Crippen LogP contribution >= 0.6 is 11.8 Å². The van der Waals surface area contributed by atoms with Crippen LogP contribution in [0.3, 0.4) is 0 Å². The number of nitrogens with zero attached hydrogens (tertiary/aromatic N) is 1. The summed E-state index contributed by atoms with van der Waals surface area (Å²) >= 11 is 1.95. The highest BCUT2D eigenvalue weighted by Crippen LogP contribution is 2.22. The first-order valence-corrected chi connectivity index (χ1v) is 6.94. The molecule has 88 valence electrons. The van der Waals surface area contributed by atoms with Gasteiger partial charge in [0.15, 0.2) is 0 Å². The van der Waals surface area contributed by atoms with E-state index in [1.807, 2.05) is 23.7 Å². The van der Waals surface area contributed by atoms with Crippen molar-refractivity contribution in [1.29, 1.82) is 0 Å². The molecule has 4 heteroatoms. The Labute approximate surface area is 96.8 Å². The predicted octanol–water partition coefficient (Wildman–Crippen LogP) is 1.47. The lowest BCUT2D eigenvalue weighted by Crippen LogP contribution is -2.36. The van der Waals surface area contributed by atoms with Crippen LogP contribution in [0.25, 0.3) is 0 Å². The van der Waals surface area contributed by atoms with E-state index in [0.717, 1.165) is 38.0 Å². The second-order valence-electron chi connectivity index (χ2n) is 4.12. The summed E-state index contributed by atoms with van der Waals surface area (Å²) < 4.78 is 0. The van der Waals surface area contributed by atoms with Crippen LogP contribution in [0.5, 0.6) is 0 Å². The summed E-state index contributed by atoms with van der Waals surface area (Å²) in [6.45, 7) is 0.739. The molecule has 3 nitrogen and oxygen atoms in total. The summed E-state index contributed by atoms with van der Waals surface area (Å²) in [4.78, 5) is 13.7. The molecule has 0 aromatic heterocycles. The first-order chi connectivity index (χ1) is 7.25. The van der Waals surface area contributed by atoms with Crippen molar-refractivity contribution in [2.45, 2.75) is 38.1 Å². The van der Waals surface area contributed by atoms with Crippen molar-refractivity contribution in [2.24, 2.45) is 5.73 Å². The van der Waals surface area contributed by atoms with Gasteiger partial charge >= 0.3 is 0 Å². The Morgan fingerprint density at radius 3 is 2.87 bits per heavy atom. The van der Waals surface area contributed by atoms with E-state index in [2.05, 4.69) is 0 Å². The van der Waals surface area contributed by atoms with Crippen LogP contribution in [-0.4, -0.2) is 41.9 Å². The van der Waals surface area contributed by atoms with Gasteiger partial charge in [-0.25, -0.2) is 0 Å². The monoisotopic (exact) mass is 230 g/mol. The number of carbonyl (C=O) groups is 1. The average Bonchev–Trinajstić information content (AvgIpc) is 2.76. The van der Waals surface area contributed by atoms with E-state index >= 15 is 0 Å². The zero-order valence-corrected chi connectivity index (χ0v) is 10.4. The second kappa shape index (κ2) is 7.12. The Bertz CT molecular complexity index is 193. The van der Waals surface area contributed by atoms with Crippen molar-refractivity contribution in [2.75, 3.05) is 25.1 Å². The largest absolute Gasteiger partial charge is 0.342 e. The third kappa shape index (κ3) is 4.43. The molecule has 0 aromatic rings. The topological polar surface area (TPSA) is 46.3 Å². The van der Waals surface area contributed by atoms with E-state index in [-0.39, 0.29) is 0 Å². The van der Waals surface area contributed by atoms with Crippen molar-refractivity contribution in [1.82, 2.24) is 4.90 Å². The molecule has 1 amide bonds. The van der Waals surface area contributed by atoms with Crippen molar-refractivity contribution < 1.29 is 4.79 Å².